The van der Waals surface area contributed by atoms with Gasteiger partial charge in [0, 0.05) is 33.0 Å². The highest BCUT2D eigenvalue weighted by Crippen LogP contribution is 2.14. The predicted octanol–water partition coefficient (Wildman–Crippen LogP) is 0.371. The van der Waals surface area contributed by atoms with Crippen LogP contribution in [0.15, 0.2) is 0 Å². The first kappa shape index (κ1) is 17.2. The molecular formula is C15H26N6O2. The zero-order valence-electron chi connectivity index (χ0n) is 14.1. The Bertz CT molecular complexity index is 566. The standard InChI is InChI=1S/C15H26N6O2/c1-15(2,18-14(23)16-3)13(22)17-9-8-12-20-19-11-7-5-4-6-10-21(11)12/h4-10H2,1-3H3,(H,17,22)(H2,16,18,23). The van der Waals surface area contributed by atoms with Crippen LogP contribution in [0.2, 0.25) is 0 Å². The number of carbonyl (C=O) groups is 2. The predicted molar refractivity (Wildman–Crippen MR) is 86.0 cm³/mol. The second-order valence-electron chi connectivity index (χ2n) is 6.33. The van der Waals surface area contributed by atoms with Gasteiger partial charge in [0.1, 0.15) is 17.2 Å². The lowest BCUT2D eigenvalue weighted by Crippen LogP contribution is -2.56. The molecule has 1 aliphatic heterocycles. The van der Waals surface area contributed by atoms with Gasteiger partial charge in [0.05, 0.1) is 0 Å². The fourth-order valence-electron chi connectivity index (χ4n) is 2.64. The van der Waals surface area contributed by atoms with Gasteiger partial charge >= 0.3 is 6.03 Å². The van der Waals surface area contributed by atoms with Gasteiger partial charge < -0.3 is 20.5 Å². The number of nitrogens with zero attached hydrogens (tertiary/aromatic N) is 3. The minimum Gasteiger partial charge on any atom is -0.354 e. The molecule has 0 unspecified atom stereocenters. The van der Waals surface area contributed by atoms with Gasteiger partial charge in [0.15, 0.2) is 0 Å². The molecule has 0 bridgehead atoms. The fraction of sp³-hybridized carbons (Fsp3) is 0.733. The normalized spacial score (nSPS) is 14.6. The summed E-state index contributed by atoms with van der Waals surface area (Å²) in [5.41, 5.74) is -0.970. The summed E-state index contributed by atoms with van der Waals surface area (Å²) in [5.74, 6) is 1.74. The number of urea groups is 1. The van der Waals surface area contributed by atoms with Crippen molar-refractivity contribution in [3.05, 3.63) is 11.6 Å². The Morgan fingerprint density at radius 2 is 2.00 bits per heavy atom. The highest BCUT2D eigenvalue weighted by molar-refractivity contribution is 5.90. The van der Waals surface area contributed by atoms with Crippen LogP contribution in [0.5, 0.6) is 0 Å². The van der Waals surface area contributed by atoms with Crippen LogP contribution >= 0.6 is 0 Å². The van der Waals surface area contributed by atoms with E-state index in [2.05, 4.69) is 30.7 Å². The SMILES string of the molecule is CNC(=O)NC(C)(C)C(=O)NCCc1nnc2n1CCCCC2. The van der Waals surface area contributed by atoms with Crippen LogP contribution in [-0.4, -0.2) is 45.8 Å². The first-order chi connectivity index (χ1) is 10.9. The van der Waals surface area contributed by atoms with Gasteiger partial charge in [-0.3, -0.25) is 4.79 Å². The molecular weight excluding hydrogens is 296 g/mol. The van der Waals surface area contributed by atoms with Crippen molar-refractivity contribution >= 4 is 11.9 Å². The lowest BCUT2D eigenvalue weighted by molar-refractivity contribution is -0.126. The van der Waals surface area contributed by atoms with Crippen LogP contribution in [0.3, 0.4) is 0 Å². The summed E-state index contributed by atoms with van der Waals surface area (Å²) in [6, 6.07) is -0.382. The van der Waals surface area contributed by atoms with E-state index < -0.39 is 5.54 Å². The van der Waals surface area contributed by atoms with Gasteiger partial charge in [-0.2, -0.15) is 0 Å². The summed E-state index contributed by atoms with van der Waals surface area (Å²) in [6.07, 6.45) is 5.14. The highest BCUT2D eigenvalue weighted by Gasteiger charge is 2.28. The Balaban J connectivity index is 1.86. The molecule has 0 aliphatic carbocycles. The van der Waals surface area contributed by atoms with Crippen molar-refractivity contribution in [1.82, 2.24) is 30.7 Å². The Labute approximate surface area is 136 Å². The fourth-order valence-corrected chi connectivity index (χ4v) is 2.64. The molecule has 0 fully saturated rings. The molecule has 0 radical (unpaired) electrons. The number of hydrogen-bond donors (Lipinski definition) is 3. The quantitative estimate of drug-likeness (QED) is 0.729. The maximum Gasteiger partial charge on any atom is 0.315 e. The highest BCUT2D eigenvalue weighted by atomic mass is 16.2. The summed E-state index contributed by atoms with van der Waals surface area (Å²) in [7, 11) is 1.51. The zero-order chi connectivity index (χ0) is 16.9. The lowest BCUT2D eigenvalue weighted by atomic mass is 10.1. The van der Waals surface area contributed by atoms with Crippen molar-refractivity contribution < 1.29 is 9.59 Å². The molecule has 1 aliphatic rings. The topological polar surface area (TPSA) is 101 Å². The van der Waals surface area contributed by atoms with Crippen LogP contribution < -0.4 is 16.0 Å². The van der Waals surface area contributed by atoms with E-state index in [1.54, 1.807) is 13.8 Å². The van der Waals surface area contributed by atoms with E-state index in [1.807, 2.05) is 0 Å². The molecule has 1 aromatic rings. The number of rotatable bonds is 5. The molecule has 0 saturated carbocycles. The molecule has 2 heterocycles. The second kappa shape index (κ2) is 7.43. The molecule has 3 N–H and O–H groups in total. The second-order valence-corrected chi connectivity index (χ2v) is 6.33. The maximum absolute atomic E-state index is 12.2. The van der Waals surface area contributed by atoms with Crippen LogP contribution in [0, 0.1) is 0 Å². The van der Waals surface area contributed by atoms with E-state index in [-0.39, 0.29) is 11.9 Å². The molecule has 8 nitrogen and oxygen atoms in total. The van der Waals surface area contributed by atoms with E-state index in [0.717, 1.165) is 37.5 Å². The minimum atomic E-state index is -0.970. The summed E-state index contributed by atoms with van der Waals surface area (Å²) in [6.45, 7) is 4.76. The number of aromatic nitrogens is 3. The van der Waals surface area contributed by atoms with Gasteiger partial charge in [0.2, 0.25) is 5.91 Å². The molecule has 128 valence electrons. The summed E-state index contributed by atoms with van der Waals surface area (Å²) in [4.78, 5) is 23.6. The Hall–Kier alpha value is -2.12. The maximum atomic E-state index is 12.2. The van der Waals surface area contributed by atoms with Crippen molar-refractivity contribution in [3.8, 4) is 0 Å². The molecule has 0 saturated heterocycles. The largest absolute Gasteiger partial charge is 0.354 e. The number of fused-ring (bicyclic) bond motifs is 1. The van der Waals surface area contributed by atoms with Gasteiger partial charge in [-0.05, 0) is 26.7 Å². The van der Waals surface area contributed by atoms with E-state index in [0.29, 0.717) is 13.0 Å². The van der Waals surface area contributed by atoms with Crippen LogP contribution in [0.1, 0.15) is 44.8 Å². The van der Waals surface area contributed by atoms with E-state index in [4.69, 9.17) is 0 Å². The molecule has 0 aromatic carbocycles. The Morgan fingerprint density at radius 3 is 2.74 bits per heavy atom. The third-order valence-corrected chi connectivity index (χ3v) is 4.04. The Kier molecular flexibility index (Phi) is 5.57. The monoisotopic (exact) mass is 322 g/mol. The first-order valence-electron chi connectivity index (χ1n) is 8.13. The van der Waals surface area contributed by atoms with E-state index in [9.17, 15) is 9.59 Å². The van der Waals surface area contributed by atoms with Crippen molar-refractivity contribution in [2.24, 2.45) is 0 Å². The van der Waals surface area contributed by atoms with Crippen LogP contribution in [0.4, 0.5) is 4.79 Å². The number of nitrogens with one attached hydrogen (secondary N) is 3. The van der Waals surface area contributed by atoms with Crippen LogP contribution in [0.25, 0.3) is 0 Å². The Morgan fingerprint density at radius 1 is 1.22 bits per heavy atom. The van der Waals surface area contributed by atoms with Gasteiger partial charge in [0.25, 0.3) is 0 Å². The first-order valence-corrected chi connectivity index (χ1v) is 8.13. The average molecular weight is 322 g/mol. The van der Waals surface area contributed by atoms with Gasteiger partial charge in [-0.15, -0.1) is 10.2 Å². The molecule has 2 rings (SSSR count). The van der Waals surface area contributed by atoms with Crippen molar-refractivity contribution in [2.75, 3.05) is 13.6 Å². The van der Waals surface area contributed by atoms with Gasteiger partial charge in [-0.25, -0.2) is 4.79 Å². The number of hydrogen-bond acceptors (Lipinski definition) is 4. The third kappa shape index (κ3) is 4.43. The molecule has 23 heavy (non-hydrogen) atoms. The lowest BCUT2D eigenvalue weighted by Gasteiger charge is -2.24. The summed E-state index contributed by atoms with van der Waals surface area (Å²) >= 11 is 0. The number of carbonyl (C=O) groups excluding carboxylic acids is 2. The zero-order valence-corrected chi connectivity index (χ0v) is 14.1. The van der Waals surface area contributed by atoms with Crippen molar-refractivity contribution in [3.63, 3.8) is 0 Å². The van der Waals surface area contributed by atoms with Crippen LogP contribution in [-0.2, 0) is 24.2 Å². The number of aryl methyl sites for hydroxylation is 1. The van der Waals surface area contributed by atoms with Gasteiger partial charge in [-0.1, -0.05) is 6.42 Å². The number of amides is 3. The smallest absolute Gasteiger partial charge is 0.315 e. The van der Waals surface area contributed by atoms with E-state index in [1.165, 1.54) is 13.5 Å². The molecule has 1 aromatic heterocycles. The van der Waals surface area contributed by atoms with Crippen molar-refractivity contribution in [2.45, 2.75) is 58.0 Å². The summed E-state index contributed by atoms with van der Waals surface area (Å²) in [5, 5.41) is 16.4. The summed E-state index contributed by atoms with van der Waals surface area (Å²) < 4.78 is 2.17. The third-order valence-electron chi connectivity index (χ3n) is 4.04. The molecule has 0 atom stereocenters. The molecule has 8 heteroatoms. The molecule has 3 amide bonds. The average Bonchev–Trinajstić information content (AvgIpc) is 2.74. The van der Waals surface area contributed by atoms with Crippen molar-refractivity contribution in [1.29, 1.82) is 0 Å². The molecule has 0 spiro atoms. The van der Waals surface area contributed by atoms with E-state index >= 15 is 0 Å². The minimum absolute atomic E-state index is 0.225.